The van der Waals surface area contributed by atoms with Crippen molar-refractivity contribution >= 4 is 11.7 Å². The molecule has 0 amide bonds. The van der Waals surface area contributed by atoms with Crippen LogP contribution in [-0.4, -0.2) is 22.1 Å². The molecule has 0 fully saturated rings. The molecular weight excluding hydrogens is 250 g/mol. The van der Waals surface area contributed by atoms with Gasteiger partial charge in [-0.3, -0.25) is 10.1 Å². The lowest BCUT2D eigenvalue weighted by molar-refractivity contribution is -0.385. The number of aromatic carboxylic acids is 1. The molecular formula is C13H17NO5. The molecule has 0 aromatic heterocycles. The summed E-state index contributed by atoms with van der Waals surface area (Å²) in [7, 11) is 0. The lowest BCUT2D eigenvalue weighted by atomic mass is 10.1. The Bertz CT molecular complexity index is 510. The Hall–Kier alpha value is -2.11. The lowest BCUT2D eigenvalue weighted by Crippen LogP contribution is -2.19. The minimum Gasteiger partial charge on any atom is -0.490 e. The number of nitrogens with zero attached hydrogens (tertiary/aromatic N) is 1. The van der Waals surface area contributed by atoms with Crippen LogP contribution in [0.25, 0.3) is 0 Å². The van der Waals surface area contributed by atoms with Gasteiger partial charge >= 0.3 is 5.97 Å². The van der Waals surface area contributed by atoms with E-state index < -0.39 is 10.9 Å². The molecule has 1 aromatic carbocycles. The van der Waals surface area contributed by atoms with Crippen molar-refractivity contribution < 1.29 is 19.6 Å². The molecule has 0 aliphatic carbocycles. The van der Waals surface area contributed by atoms with Crippen molar-refractivity contribution in [2.75, 3.05) is 0 Å². The molecule has 0 saturated carbocycles. The van der Waals surface area contributed by atoms with Gasteiger partial charge in [-0.25, -0.2) is 4.79 Å². The lowest BCUT2D eigenvalue weighted by Gasteiger charge is -2.19. The predicted octanol–water partition coefficient (Wildman–Crippen LogP) is 3.02. The summed E-state index contributed by atoms with van der Waals surface area (Å²) in [6, 6.07) is 2.37. The van der Waals surface area contributed by atoms with E-state index in [1.165, 1.54) is 6.07 Å². The van der Waals surface area contributed by atoms with Crippen molar-refractivity contribution in [2.24, 2.45) is 5.92 Å². The molecule has 1 N–H and O–H groups in total. The highest BCUT2D eigenvalue weighted by molar-refractivity contribution is 5.89. The first-order valence-corrected chi connectivity index (χ1v) is 5.93. The molecule has 0 radical (unpaired) electrons. The van der Waals surface area contributed by atoms with Crippen LogP contribution in [0, 0.1) is 23.0 Å². The molecule has 19 heavy (non-hydrogen) atoms. The van der Waals surface area contributed by atoms with Gasteiger partial charge in [0.25, 0.3) is 5.69 Å². The Balaban J connectivity index is 3.29. The highest BCUT2D eigenvalue weighted by Gasteiger charge is 2.21. The van der Waals surface area contributed by atoms with E-state index >= 15 is 0 Å². The van der Waals surface area contributed by atoms with E-state index in [4.69, 9.17) is 9.84 Å². The van der Waals surface area contributed by atoms with Crippen LogP contribution < -0.4 is 4.74 Å². The number of nitro benzene ring substituents is 1. The van der Waals surface area contributed by atoms with Crippen LogP contribution in [0.1, 0.15) is 36.7 Å². The van der Waals surface area contributed by atoms with E-state index in [0.717, 1.165) is 6.07 Å². The van der Waals surface area contributed by atoms with Crippen LogP contribution >= 0.6 is 0 Å². The van der Waals surface area contributed by atoms with Crippen LogP contribution in [0.5, 0.6) is 5.75 Å². The van der Waals surface area contributed by atoms with Gasteiger partial charge in [-0.1, -0.05) is 13.8 Å². The van der Waals surface area contributed by atoms with E-state index in [-0.39, 0.29) is 29.0 Å². The molecule has 0 heterocycles. The second-order valence-corrected chi connectivity index (χ2v) is 4.75. The molecule has 0 spiro atoms. The van der Waals surface area contributed by atoms with Gasteiger partial charge < -0.3 is 9.84 Å². The summed E-state index contributed by atoms with van der Waals surface area (Å²) in [5.41, 5.74) is -0.0587. The Morgan fingerprint density at radius 2 is 1.95 bits per heavy atom. The van der Waals surface area contributed by atoms with E-state index in [1.54, 1.807) is 6.92 Å². The van der Waals surface area contributed by atoms with Gasteiger partial charge in [0.05, 0.1) is 22.2 Å². The number of benzene rings is 1. The molecule has 1 atom stereocenters. The fourth-order valence-electron chi connectivity index (χ4n) is 1.44. The smallest absolute Gasteiger partial charge is 0.336 e. The number of rotatable bonds is 5. The normalized spacial score (nSPS) is 12.3. The summed E-state index contributed by atoms with van der Waals surface area (Å²) in [5, 5.41) is 19.9. The maximum atomic E-state index is 11.0. The first kappa shape index (κ1) is 14.9. The summed E-state index contributed by atoms with van der Waals surface area (Å²) in [4.78, 5) is 21.3. The maximum absolute atomic E-state index is 11.0. The molecule has 0 aliphatic heterocycles. The second-order valence-electron chi connectivity index (χ2n) is 4.75. The van der Waals surface area contributed by atoms with Crippen LogP contribution in [0.15, 0.2) is 12.1 Å². The van der Waals surface area contributed by atoms with E-state index in [9.17, 15) is 14.9 Å². The number of carboxylic acids is 1. The minimum atomic E-state index is -1.22. The third-order valence-electron chi connectivity index (χ3n) is 3.03. The summed E-state index contributed by atoms with van der Waals surface area (Å²) < 4.78 is 5.62. The SMILES string of the molecule is Cc1c(OC(C)C(C)C)cc(C(=O)O)cc1[N+](=O)[O-]. The number of carboxylic acid groups (broad SMARTS) is 1. The summed E-state index contributed by atoms with van der Waals surface area (Å²) in [6.45, 7) is 7.29. The zero-order chi connectivity index (χ0) is 14.7. The molecule has 0 aliphatic rings. The molecule has 1 rings (SSSR count). The van der Waals surface area contributed by atoms with Crippen molar-refractivity contribution in [3.05, 3.63) is 33.4 Å². The van der Waals surface area contributed by atoms with Gasteiger partial charge in [0, 0.05) is 6.07 Å². The van der Waals surface area contributed by atoms with Crippen LogP contribution in [0.4, 0.5) is 5.69 Å². The topological polar surface area (TPSA) is 89.7 Å². The fourth-order valence-corrected chi connectivity index (χ4v) is 1.44. The highest BCUT2D eigenvalue weighted by Crippen LogP contribution is 2.31. The van der Waals surface area contributed by atoms with Gasteiger partial charge in [0.15, 0.2) is 0 Å². The van der Waals surface area contributed by atoms with Crippen LogP contribution in [-0.2, 0) is 0 Å². The van der Waals surface area contributed by atoms with Gasteiger partial charge in [-0.05, 0) is 25.8 Å². The zero-order valence-electron chi connectivity index (χ0n) is 11.3. The van der Waals surface area contributed by atoms with E-state index in [0.29, 0.717) is 5.56 Å². The molecule has 0 saturated heterocycles. The van der Waals surface area contributed by atoms with E-state index in [1.807, 2.05) is 20.8 Å². The third-order valence-corrected chi connectivity index (χ3v) is 3.03. The number of hydrogen-bond donors (Lipinski definition) is 1. The summed E-state index contributed by atoms with van der Waals surface area (Å²) >= 11 is 0. The van der Waals surface area contributed by atoms with Crippen LogP contribution in [0.3, 0.4) is 0 Å². The average molecular weight is 267 g/mol. The second kappa shape index (κ2) is 5.69. The summed E-state index contributed by atoms with van der Waals surface area (Å²) in [6.07, 6.45) is -0.164. The van der Waals surface area contributed by atoms with Crippen molar-refractivity contribution in [3.63, 3.8) is 0 Å². The molecule has 6 nitrogen and oxygen atoms in total. The minimum absolute atomic E-state index is 0.150. The molecule has 1 unspecified atom stereocenters. The number of nitro groups is 1. The first-order chi connectivity index (χ1) is 8.73. The van der Waals surface area contributed by atoms with Gasteiger partial charge in [-0.15, -0.1) is 0 Å². The molecule has 6 heteroatoms. The first-order valence-electron chi connectivity index (χ1n) is 5.93. The average Bonchev–Trinajstić information content (AvgIpc) is 2.30. The summed E-state index contributed by atoms with van der Waals surface area (Å²) in [5.74, 6) is -0.759. The Morgan fingerprint density at radius 1 is 1.37 bits per heavy atom. The van der Waals surface area contributed by atoms with Gasteiger partial charge in [0.2, 0.25) is 0 Å². The van der Waals surface area contributed by atoms with Crippen LogP contribution in [0.2, 0.25) is 0 Å². The Morgan fingerprint density at radius 3 is 2.37 bits per heavy atom. The van der Waals surface area contributed by atoms with Crippen molar-refractivity contribution in [3.8, 4) is 5.75 Å². The molecule has 0 bridgehead atoms. The fraction of sp³-hybridized carbons (Fsp3) is 0.462. The van der Waals surface area contributed by atoms with Crippen molar-refractivity contribution in [1.82, 2.24) is 0 Å². The van der Waals surface area contributed by atoms with Gasteiger partial charge in [-0.2, -0.15) is 0 Å². The zero-order valence-corrected chi connectivity index (χ0v) is 11.3. The van der Waals surface area contributed by atoms with Crippen molar-refractivity contribution in [2.45, 2.75) is 33.8 Å². The monoisotopic (exact) mass is 267 g/mol. The number of hydrogen-bond acceptors (Lipinski definition) is 4. The Labute approximate surface area is 111 Å². The Kier molecular flexibility index (Phi) is 4.47. The highest BCUT2D eigenvalue weighted by atomic mass is 16.6. The quantitative estimate of drug-likeness (QED) is 0.654. The molecule has 104 valence electrons. The number of ether oxygens (including phenoxy) is 1. The van der Waals surface area contributed by atoms with Gasteiger partial charge in [0.1, 0.15) is 5.75 Å². The third kappa shape index (κ3) is 3.43. The number of carbonyl (C=O) groups is 1. The van der Waals surface area contributed by atoms with Crippen molar-refractivity contribution in [1.29, 1.82) is 0 Å². The molecule has 1 aromatic rings. The maximum Gasteiger partial charge on any atom is 0.336 e. The largest absolute Gasteiger partial charge is 0.490 e. The predicted molar refractivity (Wildman–Crippen MR) is 69.7 cm³/mol. The standard InChI is InChI=1S/C13H17NO5/c1-7(2)9(4)19-12-6-10(13(15)16)5-11(8(12)3)14(17)18/h5-7,9H,1-4H3,(H,15,16). The van der Waals surface area contributed by atoms with E-state index in [2.05, 4.69) is 0 Å².